The van der Waals surface area contributed by atoms with Gasteiger partial charge in [0.05, 0.1) is 18.7 Å². The van der Waals surface area contributed by atoms with Gasteiger partial charge in [0.1, 0.15) is 0 Å². The number of methoxy groups -OCH3 is 1. The number of hydrogen-bond donors (Lipinski definition) is 2. The Hall–Kier alpha value is -2.40. The summed E-state index contributed by atoms with van der Waals surface area (Å²) in [6.07, 6.45) is 0.910. The highest BCUT2D eigenvalue weighted by molar-refractivity contribution is 7.80. The van der Waals surface area contributed by atoms with Crippen molar-refractivity contribution < 1.29 is 9.53 Å². The summed E-state index contributed by atoms with van der Waals surface area (Å²) in [7, 11) is 1.37. The van der Waals surface area contributed by atoms with E-state index in [1.165, 1.54) is 12.7 Å². The van der Waals surface area contributed by atoms with Crippen molar-refractivity contribution in [1.82, 2.24) is 5.32 Å². The van der Waals surface area contributed by atoms with Crippen LogP contribution in [0.25, 0.3) is 0 Å². The van der Waals surface area contributed by atoms with E-state index in [2.05, 4.69) is 29.7 Å². The van der Waals surface area contributed by atoms with Crippen LogP contribution in [0.15, 0.2) is 48.5 Å². The molecule has 24 heavy (non-hydrogen) atoms. The fraction of sp³-hybridized carbons (Fsp3) is 0.263. The fourth-order valence-electron chi connectivity index (χ4n) is 2.53. The molecule has 1 atom stereocenters. The molecule has 0 bridgehead atoms. The van der Waals surface area contributed by atoms with Crippen LogP contribution in [0.4, 0.5) is 5.69 Å². The molecule has 0 aliphatic carbocycles. The van der Waals surface area contributed by atoms with Crippen molar-refractivity contribution >= 4 is 29.0 Å². The molecule has 4 nitrogen and oxygen atoms in total. The lowest BCUT2D eigenvalue weighted by Crippen LogP contribution is -2.32. The molecule has 0 unspecified atom stereocenters. The standard InChI is InChI=1S/C19H22N2O2S/c1-4-16(14-9-6-5-7-10-14)20-19(24)21-17-12-8-11-15(13(17)2)18(22)23-3/h5-12,16H,4H2,1-3H3,(H2,20,21,24)/t16-/m0/s1. The van der Waals surface area contributed by atoms with Crippen molar-refractivity contribution in [1.29, 1.82) is 0 Å². The van der Waals surface area contributed by atoms with Gasteiger partial charge in [0.25, 0.3) is 0 Å². The third-order valence-electron chi connectivity index (χ3n) is 3.90. The molecule has 5 heteroatoms. The van der Waals surface area contributed by atoms with Crippen molar-refractivity contribution in [3.8, 4) is 0 Å². The predicted molar refractivity (Wildman–Crippen MR) is 101 cm³/mol. The van der Waals surface area contributed by atoms with Crippen molar-refractivity contribution in [3.05, 3.63) is 65.2 Å². The Morgan fingerprint density at radius 1 is 1.17 bits per heavy atom. The normalized spacial score (nSPS) is 11.5. The Bertz CT molecular complexity index is 717. The lowest BCUT2D eigenvalue weighted by atomic mass is 10.1. The van der Waals surface area contributed by atoms with E-state index >= 15 is 0 Å². The van der Waals surface area contributed by atoms with Gasteiger partial charge in [-0.2, -0.15) is 0 Å². The molecule has 0 saturated carbocycles. The van der Waals surface area contributed by atoms with Gasteiger partial charge < -0.3 is 15.4 Å². The number of thiocarbonyl (C=S) groups is 1. The smallest absolute Gasteiger partial charge is 0.338 e. The van der Waals surface area contributed by atoms with E-state index in [0.717, 1.165) is 17.7 Å². The summed E-state index contributed by atoms with van der Waals surface area (Å²) in [6, 6.07) is 15.7. The van der Waals surface area contributed by atoms with Gasteiger partial charge in [-0.1, -0.05) is 43.3 Å². The van der Waals surface area contributed by atoms with E-state index < -0.39 is 0 Å². The molecule has 2 rings (SSSR count). The second kappa shape index (κ2) is 8.45. The Morgan fingerprint density at radius 2 is 1.88 bits per heavy atom. The van der Waals surface area contributed by atoms with Crippen LogP contribution in [-0.4, -0.2) is 18.2 Å². The highest BCUT2D eigenvalue weighted by Gasteiger charge is 2.14. The summed E-state index contributed by atoms with van der Waals surface area (Å²) in [6.45, 7) is 3.97. The number of rotatable bonds is 5. The van der Waals surface area contributed by atoms with Crippen LogP contribution in [0.3, 0.4) is 0 Å². The fourth-order valence-corrected chi connectivity index (χ4v) is 2.78. The van der Waals surface area contributed by atoms with Crippen LogP contribution in [0.1, 0.15) is 40.9 Å². The van der Waals surface area contributed by atoms with Gasteiger partial charge in [0.2, 0.25) is 0 Å². The van der Waals surface area contributed by atoms with Crippen LogP contribution in [0.5, 0.6) is 0 Å². The van der Waals surface area contributed by atoms with Gasteiger partial charge in [0, 0.05) is 5.69 Å². The molecule has 0 heterocycles. The third kappa shape index (κ3) is 4.32. The average molecular weight is 342 g/mol. The Labute approximate surface area is 148 Å². The van der Waals surface area contributed by atoms with Gasteiger partial charge in [-0.25, -0.2) is 4.79 Å². The summed E-state index contributed by atoms with van der Waals surface area (Å²) in [4.78, 5) is 11.8. The zero-order chi connectivity index (χ0) is 17.5. The molecule has 0 aromatic heterocycles. The Morgan fingerprint density at radius 3 is 2.50 bits per heavy atom. The molecule has 0 fully saturated rings. The van der Waals surface area contributed by atoms with Crippen LogP contribution < -0.4 is 10.6 Å². The van der Waals surface area contributed by atoms with Crippen molar-refractivity contribution in [2.45, 2.75) is 26.3 Å². The van der Waals surface area contributed by atoms with Crippen molar-refractivity contribution in [2.24, 2.45) is 0 Å². The molecule has 0 aliphatic heterocycles. The molecule has 2 N–H and O–H groups in total. The molecule has 126 valence electrons. The van der Waals surface area contributed by atoms with Gasteiger partial charge in [-0.3, -0.25) is 0 Å². The number of nitrogens with one attached hydrogen (secondary N) is 2. The molecule has 0 amide bonds. The highest BCUT2D eigenvalue weighted by Crippen LogP contribution is 2.21. The third-order valence-corrected chi connectivity index (χ3v) is 4.12. The van der Waals surface area contributed by atoms with Crippen LogP contribution in [-0.2, 0) is 4.74 Å². The van der Waals surface area contributed by atoms with E-state index in [0.29, 0.717) is 10.7 Å². The van der Waals surface area contributed by atoms with Crippen LogP contribution in [0, 0.1) is 6.92 Å². The quantitative estimate of drug-likeness (QED) is 0.629. The van der Waals surface area contributed by atoms with Crippen LogP contribution in [0.2, 0.25) is 0 Å². The minimum atomic E-state index is -0.356. The largest absolute Gasteiger partial charge is 0.465 e. The zero-order valence-corrected chi connectivity index (χ0v) is 14.9. The molecule has 0 radical (unpaired) electrons. The van der Waals surface area contributed by atoms with Crippen molar-refractivity contribution in [2.75, 3.05) is 12.4 Å². The zero-order valence-electron chi connectivity index (χ0n) is 14.1. The van der Waals surface area contributed by atoms with E-state index in [1.807, 2.05) is 31.2 Å². The SMILES string of the molecule is CC[C@H](NC(=S)Nc1cccc(C(=O)OC)c1C)c1ccccc1. The Kier molecular flexibility index (Phi) is 6.32. The molecule has 0 spiro atoms. The van der Waals surface area contributed by atoms with E-state index in [9.17, 15) is 4.79 Å². The number of anilines is 1. The average Bonchev–Trinajstić information content (AvgIpc) is 2.61. The molecule has 2 aromatic carbocycles. The monoisotopic (exact) mass is 342 g/mol. The lowest BCUT2D eigenvalue weighted by molar-refractivity contribution is 0.0600. The first-order valence-corrected chi connectivity index (χ1v) is 8.28. The lowest BCUT2D eigenvalue weighted by Gasteiger charge is -2.21. The summed E-state index contributed by atoms with van der Waals surface area (Å²) in [5.74, 6) is -0.356. The molecule has 0 aliphatic rings. The maximum atomic E-state index is 11.8. The molecule has 0 saturated heterocycles. The summed E-state index contributed by atoms with van der Waals surface area (Å²) >= 11 is 5.44. The number of ether oxygens (including phenoxy) is 1. The molecular weight excluding hydrogens is 320 g/mol. The van der Waals surface area contributed by atoms with E-state index in [4.69, 9.17) is 17.0 Å². The summed E-state index contributed by atoms with van der Waals surface area (Å²) < 4.78 is 4.80. The first-order valence-electron chi connectivity index (χ1n) is 7.87. The minimum absolute atomic E-state index is 0.135. The number of hydrogen-bond acceptors (Lipinski definition) is 3. The van der Waals surface area contributed by atoms with Gasteiger partial charge in [-0.05, 0) is 48.8 Å². The number of esters is 1. The number of carbonyl (C=O) groups excluding carboxylic acids is 1. The predicted octanol–water partition coefficient (Wildman–Crippen LogP) is 4.22. The number of benzene rings is 2. The van der Waals surface area contributed by atoms with Crippen LogP contribution >= 0.6 is 12.2 Å². The van der Waals surface area contributed by atoms with Crippen molar-refractivity contribution in [3.63, 3.8) is 0 Å². The Balaban J connectivity index is 2.11. The minimum Gasteiger partial charge on any atom is -0.465 e. The first kappa shape index (κ1) is 17.9. The first-order chi connectivity index (χ1) is 11.6. The molecule has 2 aromatic rings. The maximum absolute atomic E-state index is 11.8. The summed E-state index contributed by atoms with van der Waals surface area (Å²) in [5, 5.41) is 7.03. The summed E-state index contributed by atoms with van der Waals surface area (Å²) in [5.41, 5.74) is 3.31. The maximum Gasteiger partial charge on any atom is 0.338 e. The topological polar surface area (TPSA) is 50.4 Å². The molecular formula is C19H22N2O2S. The highest BCUT2D eigenvalue weighted by atomic mass is 32.1. The van der Waals surface area contributed by atoms with E-state index in [-0.39, 0.29) is 12.0 Å². The van der Waals surface area contributed by atoms with Gasteiger partial charge >= 0.3 is 5.97 Å². The number of carbonyl (C=O) groups is 1. The second-order valence-corrected chi connectivity index (χ2v) is 5.85. The van der Waals surface area contributed by atoms with E-state index in [1.54, 1.807) is 12.1 Å². The van der Waals surface area contributed by atoms with Gasteiger partial charge in [-0.15, -0.1) is 0 Å². The van der Waals surface area contributed by atoms with Gasteiger partial charge in [0.15, 0.2) is 5.11 Å². The second-order valence-electron chi connectivity index (χ2n) is 5.44.